The average Bonchev–Trinajstić information content (AvgIpc) is 2.78. The molecule has 3 rings (SSSR count). The number of anilines is 3. The van der Waals surface area contributed by atoms with Crippen molar-refractivity contribution >= 4 is 23.2 Å². The number of hydrogen-bond acceptors (Lipinski definition) is 6. The number of ether oxygens (including phenoxy) is 2. The van der Waals surface area contributed by atoms with E-state index in [1.165, 1.54) is 0 Å². The van der Waals surface area contributed by atoms with Gasteiger partial charge in [0.2, 0.25) is 0 Å². The van der Waals surface area contributed by atoms with Gasteiger partial charge in [0.15, 0.2) is 0 Å². The Bertz CT molecular complexity index is 1070. The van der Waals surface area contributed by atoms with Gasteiger partial charge in [-0.2, -0.15) is 0 Å². The summed E-state index contributed by atoms with van der Waals surface area (Å²) in [6.07, 6.45) is -0.0385. The highest BCUT2D eigenvalue weighted by Crippen LogP contribution is 2.21. The molecule has 180 valence electrons. The summed E-state index contributed by atoms with van der Waals surface area (Å²) in [6.45, 7) is 3.79. The lowest BCUT2D eigenvalue weighted by atomic mass is 9.98. The van der Waals surface area contributed by atoms with Gasteiger partial charge in [-0.25, -0.2) is 4.79 Å². The zero-order valence-electron chi connectivity index (χ0n) is 19.7. The Labute approximate surface area is 200 Å². The van der Waals surface area contributed by atoms with Gasteiger partial charge < -0.3 is 26.0 Å². The quantitative estimate of drug-likeness (QED) is 0.332. The van der Waals surface area contributed by atoms with E-state index in [1.807, 2.05) is 54.6 Å². The van der Waals surface area contributed by atoms with E-state index in [0.717, 1.165) is 46.5 Å². The summed E-state index contributed by atoms with van der Waals surface area (Å²) in [4.78, 5) is 12.1. The van der Waals surface area contributed by atoms with Crippen LogP contribution in [0.2, 0.25) is 0 Å². The summed E-state index contributed by atoms with van der Waals surface area (Å²) < 4.78 is 10.5. The molecule has 0 fully saturated rings. The molecule has 1 amide bonds. The average molecular weight is 464 g/mol. The summed E-state index contributed by atoms with van der Waals surface area (Å²) in [7, 11) is 0. The number of aliphatic hydroxyl groups is 1. The fourth-order valence-electron chi connectivity index (χ4n) is 3.48. The maximum Gasteiger partial charge on any atom is 0.411 e. The first-order valence-corrected chi connectivity index (χ1v) is 11.3. The molecule has 0 radical (unpaired) electrons. The molecular weight excluding hydrogens is 430 g/mol. The van der Waals surface area contributed by atoms with Gasteiger partial charge in [0.25, 0.3) is 0 Å². The molecule has 0 aromatic heterocycles. The van der Waals surface area contributed by atoms with Crippen LogP contribution < -0.4 is 16.8 Å². The minimum atomic E-state index is -0.552. The highest BCUT2D eigenvalue weighted by molar-refractivity contribution is 5.84. The lowest BCUT2D eigenvalue weighted by molar-refractivity contribution is -0.000795. The summed E-state index contributed by atoms with van der Waals surface area (Å²) in [5, 5.41) is 11.9. The molecule has 2 atom stereocenters. The SMILES string of the molecule is CC(O)COCC(C)OC(=O)Nc1ccc(Cc2ccc(Cc3ccc(N)cc3)c(N)c2)cc1. The van der Waals surface area contributed by atoms with Crippen LogP contribution in [0.3, 0.4) is 0 Å². The van der Waals surface area contributed by atoms with Crippen molar-refractivity contribution in [3.8, 4) is 0 Å². The summed E-state index contributed by atoms with van der Waals surface area (Å²) >= 11 is 0. The molecule has 0 saturated heterocycles. The van der Waals surface area contributed by atoms with Crippen molar-refractivity contribution in [1.29, 1.82) is 0 Å². The van der Waals surface area contributed by atoms with Crippen LogP contribution in [0.15, 0.2) is 66.7 Å². The fourth-order valence-corrected chi connectivity index (χ4v) is 3.48. The van der Waals surface area contributed by atoms with Gasteiger partial charge in [-0.1, -0.05) is 36.4 Å². The number of nitrogens with one attached hydrogen (secondary N) is 1. The number of nitrogen functional groups attached to an aromatic ring is 2. The van der Waals surface area contributed by atoms with Gasteiger partial charge in [-0.3, -0.25) is 5.32 Å². The number of benzene rings is 3. The molecular formula is C27H33N3O4. The van der Waals surface area contributed by atoms with Crippen LogP contribution in [0.1, 0.15) is 36.1 Å². The van der Waals surface area contributed by atoms with Crippen LogP contribution in [0.4, 0.5) is 21.9 Å². The molecule has 2 unspecified atom stereocenters. The lowest BCUT2D eigenvalue weighted by Gasteiger charge is -2.15. The second-order valence-electron chi connectivity index (χ2n) is 8.55. The second-order valence-corrected chi connectivity index (χ2v) is 8.55. The third-order valence-corrected chi connectivity index (χ3v) is 5.21. The molecule has 0 heterocycles. The molecule has 3 aromatic rings. The van der Waals surface area contributed by atoms with Crippen LogP contribution in [0.5, 0.6) is 0 Å². The molecule has 0 aliphatic rings. The highest BCUT2D eigenvalue weighted by Gasteiger charge is 2.11. The van der Waals surface area contributed by atoms with Crippen molar-refractivity contribution in [3.05, 3.63) is 89.0 Å². The zero-order chi connectivity index (χ0) is 24.5. The van der Waals surface area contributed by atoms with E-state index in [9.17, 15) is 9.90 Å². The van der Waals surface area contributed by atoms with E-state index < -0.39 is 18.3 Å². The number of aliphatic hydroxyl groups excluding tert-OH is 1. The van der Waals surface area contributed by atoms with E-state index >= 15 is 0 Å². The minimum absolute atomic E-state index is 0.202. The first-order chi connectivity index (χ1) is 16.3. The number of amides is 1. The predicted molar refractivity (Wildman–Crippen MR) is 136 cm³/mol. The first-order valence-electron chi connectivity index (χ1n) is 11.3. The van der Waals surface area contributed by atoms with E-state index in [-0.39, 0.29) is 13.2 Å². The van der Waals surface area contributed by atoms with Crippen LogP contribution in [0.25, 0.3) is 0 Å². The number of carbonyl (C=O) groups is 1. The largest absolute Gasteiger partial charge is 0.444 e. The van der Waals surface area contributed by atoms with Crippen LogP contribution in [-0.2, 0) is 22.3 Å². The molecule has 0 bridgehead atoms. The maximum atomic E-state index is 12.1. The van der Waals surface area contributed by atoms with Gasteiger partial charge in [0, 0.05) is 17.1 Å². The van der Waals surface area contributed by atoms with E-state index in [2.05, 4.69) is 17.4 Å². The van der Waals surface area contributed by atoms with Gasteiger partial charge in [-0.15, -0.1) is 0 Å². The smallest absolute Gasteiger partial charge is 0.411 e. The van der Waals surface area contributed by atoms with Gasteiger partial charge >= 0.3 is 6.09 Å². The Morgan fingerprint density at radius 1 is 0.882 bits per heavy atom. The van der Waals surface area contributed by atoms with Crippen molar-refractivity contribution < 1.29 is 19.4 Å². The van der Waals surface area contributed by atoms with Crippen molar-refractivity contribution in [2.75, 3.05) is 30.0 Å². The Balaban J connectivity index is 1.50. The van der Waals surface area contributed by atoms with Crippen molar-refractivity contribution in [3.63, 3.8) is 0 Å². The van der Waals surface area contributed by atoms with Gasteiger partial charge in [-0.05, 0) is 79.3 Å². The van der Waals surface area contributed by atoms with Crippen LogP contribution in [0, 0.1) is 0 Å². The van der Waals surface area contributed by atoms with E-state index in [4.69, 9.17) is 20.9 Å². The van der Waals surface area contributed by atoms with Crippen molar-refractivity contribution in [1.82, 2.24) is 0 Å². The van der Waals surface area contributed by atoms with Gasteiger partial charge in [0.05, 0.1) is 19.3 Å². The van der Waals surface area contributed by atoms with Crippen LogP contribution in [-0.4, -0.2) is 36.6 Å². The molecule has 7 heteroatoms. The molecule has 0 aliphatic carbocycles. The first kappa shape index (κ1) is 25.1. The fraction of sp³-hybridized carbons (Fsp3) is 0.296. The third kappa shape index (κ3) is 8.10. The number of hydrogen-bond donors (Lipinski definition) is 4. The summed E-state index contributed by atoms with van der Waals surface area (Å²) in [5.74, 6) is 0. The summed E-state index contributed by atoms with van der Waals surface area (Å²) in [5.41, 5.74) is 18.7. The number of nitrogens with two attached hydrogens (primary N) is 2. The molecule has 0 aliphatic heterocycles. The minimum Gasteiger partial charge on any atom is -0.444 e. The second kappa shape index (κ2) is 12.1. The maximum absolute atomic E-state index is 12.1. The molecule has 0 saturated carbocycles. The Hall–Kier alpha value is -3.55. The Kier molecular flexibility index (Phi) is 8.90. The molecule has 0 spiro atoms. The van der Waals surface area contributed by atoms with Crippen molar-refractivity contribution in [2.24, 2.45) is 0 Å². The van der Waals surface area contributed by atoms with E-state index in [0.29, 0.717) is 5.69 Å². The topological polar surface area (TPSA) is 120 Å². The summed E-state index contributed by atoms with van der Waals surface area (Å²) in [6, 6.07) is 21.6. The zero-order valence-corrected chi connectivity index (χ0v) is 19.7. The van der Waals surface area contributed by atoms with E-state index in [1.54, 1.807) is 13.8 Å². The highest BCUT2D eigenvalue weighted by atomic mass is 16.6. The Morgan fingerprint density at radius 2 is 1.50 bits per heavy atom. The molecule has 3 aromatic carbocycles. The molecule has 7 nitrogen and oxygen atoms in total. The van der Waals surface area contributed by atoms with Crippen LogP contribution >= 0.6 is 0 Å². The monoisotopic (exact) mass is 463 g/mol. The predicted octanol–water partition coefficient (Wildman–Crippen LogP) is 4.37. The third-order valence-electron chi connectivity index (χ3n) is 5.21. The number of rotatable bonds is 10. The molecule has 34 heavy (non-hydrogen) atoms. The normalized spacial score (nSPS) is 12.7. The molecule has 6 N–H and O–H groups in total. The Morgan fingerprint density at radius 3 is 2.15 bits per heavy atom. The lowest BCUT2D eigenvalue weighted by Crippen LogP contribution is -2.25. The van der Waals surface area contributed by atoms with Crippen molar-refractivity contribution in [2.45, 2.75) is 38.9 Å². The van der Waals surface area contributed by atoms with Gasteiger partial charge in [0.1, 0.15) is 6.10 Å². The number of carbonyl (C=O) groups excluding carboxylic acids is 1. The standard InChI is InChI=1S/C27H33N3O4/c1-18(31)16-33-17-19(2)34-27(32)30-25-11-6-20(7-12-25)13-22-3-8-23(26(29)15-22)14-21-4-9-24(28)10-5-21/h3-12,15,18-19,31H,13-14,16-17,28-29H2,1-2H3,(H,30,32).